The van der Waals surface area contributed by atoms with E-state index in [1.807, 2.05) is 0 Å². The highest BCUT2D eigenvalue weighted by Gasteiger charge is 2.33. The molecule has 0 spiro atoms. The first-order chi connectivity index (χ1) is 9.54. The first kappa shape index (κ1) is 14.1. The van der Waals surface area contributed by atoms with E-state index in [9.17, 15) is 9.59 Å². The zero-order valence-corrected chi connectivity index (χ0v) is 11.0. The fourth-order valence-corrected chi connectivity index (χ4v) is 2.01. The minimum absolute atomic E-state index is 0.0382. The van der Waals surface area contributed by atoms with Crippen LogP contribution in [0.5, 0.6) is 5.75 Å². The number of carboxylic acid groups (broad SMARTS) is 1. The van der Waals surface area contributed by atoms with Crippen molar-refractivity contribution in [3.8, 4) is 5.75 Å². The molecule has 0 radical (unpaired) electrons. The van der Waals surface area contributed by atoms with Crippen LogP contribution in [0.4, 0.5) is 0 Å². The quantitative estimate of drug-likeness (QED) is 0.691. The Labute approximate surface area is 116 Å². The molecule has 1 aliphatic carbocycles. The summed E-state index contributed by atoms with van der Waals surface area (Å²) in [7, 11) is 0. The normalized spacial score (nSPS) is 16.0. The molecule has 1 aromatic carbocycles. The number of hydrogen-bond donors (Lipinski definition) is 3. The Morgan fingerprint density at radius 3 is 2.50 bits per heavy atom. The van der Waals surface area contributed by atoms with Crippen LogP contribution in [0, 0.1) is 5.92 Å². The summed E-state index contributed by atoms with van der Waals surface area (Å²) in [5.74, 6) is -0.736. The summed E-state index contributed by atoms with van der Waals surface area (Å²) >= 11 is 0. The highest BCUT2D eigenvalue weighted by molar-refractivity contribution is 5.92. The van der Waals surface area contributed by atoms with Gasteiger partial charge in [-0.1, -0.05) is 12.1 Å². The van der Waals surface area contributed by atoms with E-state index >= 15 is 0 Å². The molecule has 1 unspecified atom stereocenters. The van der Waals surface area contributed by atoms with Crippen LogP contribution in [0.1, 0.15) is 24.8 Å². The highest BCUT2D eigenvalue weighted by Crippen LogP contribution is 2.34. The standard InChI is InChI=1S/C15H17NO4/c17-12-6-1-10(2-7-12)3-8-14(18)16-13(9-15(19)20)11-4-5-11/h1-3,6-8,11,13,17H,4-5,9H2,(H,16,18)(H,19,20)/b8-3+. The molecule has 5 heteroatoms. The third kappa shape index (κ3) is 4.42. The number of hydrogen-bond acceptors (Lipinski definition) is 3. The molecular weight excluding hydrogens is 258 g/mol. The first-order valence-electron chi connectivity index (χ1n) is 6.54. The Balaban J connectivity index is 1.90. The fourth-order valence-electron chi connectivity index (χ4n) is 2.01. The van der Waals surface area contributed by atoms with Crippen molar-refractivity contribution in [1.82, 2.24) is 5.32 Å². The van der Waals surface area contributed by atoms with Crippen molar-refractivity contribution in [1.29, 1.82) is 0 Å². The van der Waals surface area contributed by atoms with E-state index < -0.39 is 5.97 Å². The van der Waals surface area contributed by atoms with Gasteiger partial charge in [-0.15, -0.1) is 0 Å². The Bertz CT molecular complexity index is 517. The van der Waals surface area contributed by atoms with Crippen LogP contribution in [0.3, 0.4) is 0 Å². The number of carbonyl (C=O) groups excluding carboxylic acids is 1. The lowest BCUT2D eigenvalue weighted by molar-refractivity contribution is -0.137. The molecule has 0 aliphatic heterocycles. The van der Waals surface area contributed by atoms with E-state index in [1.165, 1.54) is 18.2 Å². The predicted molar refractivity (Wildman–Crippen MR) is 74.0 cm³/mol. The van der Waals surface area contributed by atoms with Gasteiger partial charge in [0.15, 0.2) is 0 Å². The number of aromatic hydroxyl groups is 1. The van der Waals surface area contributed by atoms with Crippen LogP contribution in [-0.4, -0.2) is 28.1 Å². The minimum Gasteiger partial charge on any atom is -0.508 e. The van der Waals surface area contributed by atoms with E-state index in [-0.39, 0.29) is 30.0 Å². The molecule has 20 heavy (non-hydrogen) atoms. The van der Waals surface area contributed by atoms with Crippen LogP contribution in [0.2, 0.25) is 0 Å². The molecule has 1 aliphatic rings. The van der Waals surface area contributed by atoms with E-state index in [0.29, 0.717) is 0 Å². The maximum atomic E-state index is 11.8. The molecule has 0 aromatic heterocycles. The third-order valence-corrected chi connectivity index (χ3v) is 3.23. The number of aliphatic carboxylic acids is 1. The minimum atomic E-state index is -0.898. The van der Waals surface area contributed by atoms with Crippen molar-refractivity contribution in [2.24, 2.45) is 5.92 Å². The number of nitrogens with one attached hydrogen (secondary N) is 1. The average molecular weight is 275 g/mol. The molecule has 5 nitrogen and oxygen atoms in total. The smallest absolute Gasteiger partial charge is 0.305 e. The van der Waals surface area contributed by atoms with E-state index in [1.54, 1.807) is 18.2 Å². The fraction of sp³-hybridized carbons (Fsp3) is 0.333. The van der Waals surface area contributed by atoms with Crippen LogP contribution >= 0.6 is 0 Å². The van der Waals surface area contributed by atoms with Gasteiger partial charge in [-0.2, -0.15) is 0 Å². The summed E-state index contributed by atoms with van der Waals surface area (Å²) in [6.07, 6.45) is 4.91. The van der Waals surface area contributed by atoms with Gasteiger partial charge in [0.1, 0.15) is 5.75 Å². The Hall–Kier alpha value is -2.30. The highest BCUT2D eigenvalue weighted by atomic mass is 16.4. The van der Waals surface area contributed by atoms with Crippen molar-refractivity contribution >= 4 is 18.0 Å². The molecule has 1 saturated carbocycles. The molecule has 0 bridgehead atoms. The molecular formula is C15H17NO4. The maximum Gasteiger partial charge on any atom is 0.305 e. The molecule has 1 atom stereocenters. The van der Waals surface area contributed by atoms with Crippen molar-refractivity contribution in [3.05, 3.63) is 35.9 Å². The lowest BCUT2D eigenvalue weighted by Gasteiger charge is -2.14. The van der Waals surface area contributed by atoms with Crippen LogP contribution in [-0.2, 0) is 9.59 Å². The summed E-state index contributed by atoms with van der Waals surface area (Å²) in [5, 5.41) is 20.7. The molecule has 0 saturated heterocycles. The Morgan fingerprint density at radius 1 is 1.30 bits per heavy atom. The molecule has 1 fully saturated rings. The molecule has 3 N–H and O–H groups in total. The molecule has 0 heterocycles. The number of carboxylic acids is 1. The van der Waals surface area contributed by atoms with Gasteiger partial charge in [-0.25, -0.2) is 0 Å². The largest absolute Gasteiger partial charge is 0.508 e. The second kappa shape index (κ2) is 6.23. The SMILES string of the molecule is O=C(O)CC(NC(=O)/C=C/c1ccc(O)cc1)C1CC1. The van der Waals surface area contributed by atoms with Gasteiger partial charge in [-0.3, -0.25) is 9.59 Å². The zero-order chi connectivity index (χ0) is 14.5. The number of amides is 1. The summed E-state index contributed by atoms with van der Waals surface area (Å²) in [5.41, 5.74) is 0.791. The maximum absolute atomic E-state index is 11.8. The van der Waals surface area contributed by atoms with E-state index in [4.69, 9.17) is 10.2 Å². The third-order valence-electron chi connectivity index (χ3n) is 3.23. The van der Waals surface area contributed by atoms with Crippen molar-refractivity contribution < 1.29 is 19.8 Å². The average Bonchev–Trinajstić information content (AvgIpc) is 3.21. The number of phenolic OH excluding ortho intramolecular Hbond substituents is 1. The zero-order valence-electron chi connectivity index (χ0n) is 11.0. The van der Waals surface area contributed by atoms with Crippen molar-refractivity contribution in [2.45, 2.75) is 25.3 Å². The Morgan fingerprint density at radius 2 is 1.95 bits per heavy atom. The summed E-state index contributed by atoms with van der Waals surface area (Å²) < 4.78 is 0. The molecule has 2 rings (SSSR count). The van der Waals surface area contributed by atoms with Crippen LogP contribution in [0.15, 0.2) is 30.3 Å². The van der Waals surface area contributed by atoms with Gasteiger partial charge in [-0.05, 0) is 42.5 Å². The van der Waals surface area contributed by atoms with Gasteiger partial charge < -0.3 is 15.5 Å². The summed E-state index contributed by atoms with van der Waals surface area (Å²) in [4.78, 5) is 22.5. The van der Waals surface area contributed by atoms with Gasteiger partial charge in [0, 0.05) is 12.1 Å². The van der Waals surface area contributed by atoms with Crippen molar-refractivity contribution in [2.75, 3.05) is 0 Å². The van der Waals surface area contributed by atoms with Gasteiger partial charge >= 0.3 is 5.97 Å². The van der Waals surface area contributed by atoms with Crippen LogP contribution < -0.4 is 5.32 Å². The van der Waals surface area contributed by atoms with Gasteiger partial charge in [0.25, 0.3) is 0 Å². The second-order valence-corrected chi connectivity index (χ2v) is 4.98. The first-order valence-corrected chi connectivity index (χ1v) is 6.54. The molecule has 106 valence electrons. The molecule has 1 amide bonds. The number of rotatable bonds is 6. The number of benzene rings is 1. The molecule has 1 aromatic rings. The van der Waals surface area contributed by atoms with E-state index in [2.05, 4.69) is 5.32 Å². The summed E-state index contributed by atoms with van der Waals surface area (Å²) in [6, 6.07) is 6.16. The monoisotopic (exact) mass is 275 g/mol. The predicted octanol–water partition coefficient (Wildman–Crippen LogP) is 1.77. The lowest BCUT2D eigenvalue weighted by atomic mass is 10.1. The lowest BCUT2D eigenvalue weighted by Crippen LogP contribution is -2.37. The second-order valence-electron chi connectivity index (χ2n) is 4.98. The van der Waals surface area contributed by atoms with E-state index in [0.717, 1.165) is 18.4 Å². The number of phenols is 1. The number of carbonyl (C=O) groups is 2. The van der Waals surface area contributed by atoms with Crippen molar-refractivity contribution in [3.63, 3.8) is 0 Å². The Kier molecular flexibility index (Phi) is 4.40. The topological polar surface area (TPSA) is 86.6 Å². The van der Waals surface area contributed by atoms with Gasteiger partial charge in [0.2, 0.25) is 5.91 Å². The van der Waals surface area contributed by atoms with Gasteiger partial charge in [0.05, 0.1) is 6.42 Å². The summed E-state index contributed by atoms with van der Waals surface area (Å²) in [6.45, 7) is 0. The van der Waals surface area contributed by atoms with Crippen LogP contribution in [0.25, 0.3) is 6.08 Å².